The van der Waals surface area contributed by atoms with Crippen molar-refractivity contribution in [1.82, 2.24) is 4.90 Å². The Balaban J connectivity index is 1.54. The van der Waals surface area contributed by atoms with Crippen LogP contribution < -0.4 is 9.64 Å². The van der Waals surface area contributed by atoms with Crippen LogP contribution in [0, 0.1) is 10.1 Å². The van der Waals surface area contributed by atoms with E-state index in [2.05, 4.69) is 4.90 Å². The van der Waals surface area contributed by atoms with E-state index in [0.29, 0.717) is 26.2 Å². The van der Waals surface area contributed by atoms with Gasteiger partial charge in [0.05, 0.1) is 12.0 Å². The van der Waals surface area contributed by atoms with Crippen molar-refractivity contribution in [3.63, 3.8) is 0 Å². The Bertz CT molecular complexity index is 823. The number of amides is 1. The second kappa shape index (κ2) is 8.35. The van der Waals surface area contributed by atoms with E-state index in [1.54, 1.807) is 31.4 Å². The van der Waals surface area contributed by atoms with Crippen LogP contribution in [0.5, 0.6) is 5.75 Å². The van der Waals surface area contributed by atoms with Crippen LogP contribution in [-0.4, -0.2) is 49.0 Å². The summed E-state index contributed by atoms with van der Waals surface area (Å²) in [5.74, 6) is 0.759. The Hall–Kier alpha value is -3.35. The maximum atomic E-state index is 12.4. The van der Waals surface area contributed by atoms with Gasteiger partial charge in [-0.1, -0.05) is 12.1 Å². The molecule has 2 aromatic rings. The van der Waals surface area contributed by atoms with Gasteiger partial charge in [-0.15, -0.1) is 0 Å². The van der Waals surface area contributed by atoms with Gasteiger partial charge >= 0.3 is 0 Å². The lowest BCUT2D eigenvalue weighted by Crippen LogP contribution is -2.48. The van der Waals surface area contributed by atoms with Crippen LogP contribution in [0.25, 0.3) is 6.08 Å². The topological polar surface area (TPSA) is 75.9 Å². The zero-order chi connectivity index (χ0) is 19.2. The van der Waals surface area contributed by atoms with E-state index in [1.807, 2.05) is 29.2 Å². The lowest BCUT2D eigenvalue weighted by atomic mass is 10.2. The SMILES string of the molecule is COc1ccc(C=CC(=O)N2CCN(c3ccc([N+](=O)[O-])cc3)CC2)cc1. The van der Waals surface area contributed by atoms with Crippen LogP contribution in [0.3, 0.4) is 0 Å². The first kappa shape index (κ1) is 18.4. The quantitative estimate of drug-likeness (QED) is 0.461. The van der Waals surface area contributed by atoms with Crippen LogP contribution in [0.2, 0.25) is 0 Å². The summed E-state index contributed by atoms with van der Waals surface area (Å²) < 4.78 is 5.12. The predicted octanol–water partition coefficient (Wildman–Crippen LogP) is 2.97. The molecular weight excluding hydrogens is 346 g/mol. The molecule has 0 saturated carbocycles. The molecule has 1 fully saturated rings. The van der Waals surface area contributed by atoms with Gasteiger partial charge in [0.2, 0.25) is 5.91 Å². The molecule has 7 heteroatoms. The van der Waals surface area contributed by atoms with Gasteiger partial charge in [0, 0.05) is 50.1 Å². The molecule has 27 heavy (non-hydrogen) atoms. The second-order valence-electron chi connectivity index (χ2n) is 6.19. The third-order valence-corrected chi connectivity index (χ3v) is 4.55. The van der Waals surface area contributed by atoms with E-state index in [1.165, 1.54) is 12.1 Å². The average molecular weight is 367 g/mol. The third kappa shape index (κ3) is 4.63. The summed E-state index contributed by atoms with van der Waals surface area (Å²) in [4.78, 5) is 26.6. The number of carbonyl (C=O) groups is 1. The predicted molar refractivity (Wildman–Crippen MR) is 104 cm³/mol. The number of rotatable bonds is 5. The third-order valence-electron chi connectivity index (χ3n) is 4.55. The zero-order valence-corrected chi connectivity index (χ0v) is 15.1. The molecule has 0 atom stereocenters. The van der Waals surface area contributed by atoms with Crippen LogP contribution in [0.1, 0.15) is 5.56 Å². The number of benzene rings is 2. The molecule has 1 aliphatic heterocycles. The van der Waals surface area contributed by atoms with Crippen molar-refractivity contribution in [1.29, 1.82) is 0 Å². The van der Waals surface area contributed by atoms with Gasteiger partial charge in [0.15, 0.2) is 0 Å². The van der Waals surface area contributed by atoms with E-state index < -0.39 is 4.92 Å². The fourth-order valence-corrected chi connectivity index (χ4v) is 2.96. The van der Waals surface area contributed by atoms with Gasteiger partial charge in [-0.25, -0.2) is 0 Å². The lowest BCUT2D eigenvalue weighted by Gasteiger charge is -2.35. The summed E-state index contributed by atoms with van der Waals surface area (Å²) in [5.41, 5.74) is 1.95. The van der Waals surface area contributed by atoms with Crippen molar-refractivity contribution >= 4 is 23.4 Å². The minimum Gasteiger partial charge on any atom is -0.497 e. The van der Waals surface area contributed by atoms with Gasteiger partial charge in [-0.3, -0.25) is 14.9 Å². The molecule has 1 aliphatic rings. The number of hydrogen-bond donors (Lipinski definition) is 0. The van der Waals surface area contributed by atoms with Gasteiger partial charge in [0.25, 0.3) is 5.69 Å². The minimum atomic E-state index is -0.407. The number of nitro groups is 1. The average Bonchev–Trinajstić information content (AvgIpc) is 2.72. The van der Waals surface area contributed by atoms with Crippen LogP contribution in [0.4, 0.5) is 11.4 Å². The number of piperazine rings is 1. The number of carbonyl (C=O) groups excluding carboxylic acids is 1. The molecule has 0 N–H and O–H groups in total. The van der Waals surface area contributed by atoms with Gasteiger partial charge in [-0.2, -0.15) is 0 Å². The summed E-state index contributed by atoms with van der Waals surface area (Å²) in [5, 5.41) is 10.7. The Labute approximate surface area is 157 Å². The summed E-state index contributed by atoms with van der Waals surface area (Å²) >= 11 is 0. The van der Waals surface area contributed by atoms with Crippen LogP contribution in [0.15, 0.2) is 54.6 Å². The minimum absolute atomic E-state index is 0.0193. The first-order chi connectivity index (χ1) is 13.1. The fourth-order valence-electron chi connectivity index (χ4n) is 2.96. The van der Waals surface area contributed by atoms with Gasteiger partial charge in [-0.05, 0) is 35.9 Å². The number of ether oxygens (including phenoxy) is 1. The number of non-ortho nitro benzene ring substituents is 1. The molecular formula is C20H21N3O4. The van der Waals surface area contributed by atoms with Crippen molar-refractivity contribution in [2.24, 2.45) is 0 Å². The van der Waals surface area contributed by atoms with Crippen molar-refractivity contribution in [3.05, 3.63) is 70.3 Å². The molecule has 7 nitrogen and oxygen atoms in total. The highest BCUT2D eigenvalue weighted by Gasteiger charge is 2.20. The van der Waals surface area contributed by atoms with Gasteiger partial charge in [0.1, 0.15) is 5.75 Å². The molecule has 1 heterocycles. The standard InChI is InChI=1S/C20H21N3O4/c1-27-19-9-2-16(3-10-19)4-11-20(24)22-14-12-21(13-15-22)17-5-7-18(8-6-17)23(25)26/h2-11H,12-15H2,1H3. The second-order valence-corrected chi connectivity index (χ2v) is 6.19. The van der Waals surface area contributed by atoms with Crippen molar-refractivity contribution in [2.45, 2.75) is 0 Å². The highest BCUT2D eigenvalue weighted by atomic mass is 16.6. The first-order valence-electron chi connectivity index (χ1n) is 8.67. The molecule has 0 aromatic heterocycles. The van der Waals surface area contributed by atoms with E-state index in [9.17, 15) is 14.9 Å². The van der Waals surface area contributed by atoms with Crippen LogP contribution >= 0.6 is 0 Å². The molecule has 140 valence electrons. The summed E-state index contributed by atoms with van der Waals surface area (Å²) in [6.45, 7) is 2.62. The normalized spacial score (nSPS) is 14.4. The first-order valence-corrected chi connectivity index (χ1v) is 8.67. The maximum Gasteiger partial charge on any atom is 0.269 e. The summed E-state index contributed by atoms with van der Waals surface area (Å²) in [7, 11) is 1.62. The molecule has 0 aliphatic carbocycles. The number of methoxy groups -OCH3 is 1. The molecule has 0 radical (unpaired) electrons. The van der Waals surface area contributed by atoms with E-state index >= 15 is 0 Å². The molecule has 0 bridgehead atoms. The molecule has 3 rings (SSSR count). The highest BCUT2D eigenvalue weighted by molar-refractivity contribution is 5.92. The Morgan fingerprint density at radius 3 is 2.22 bits per heavy atom. The Morgan fingerprint density at radius 1 is 1.04 bits per heavy atom. The van der Waals surface area contributed by atoms with Gasteiger partial charge < -0.3 is 14.5 Å². The summed E-state index contributed by atoms with van der Waals surface area (Å²) in [6.07, 6.45) is 3.38. The van der Waals surface area contributed by atoms with E-state index in [0.717, 1.165) is 17.0 Å². The largest absolute Gasteiger partial charge is 0.497 e. The van der Waals surface area contributed by atoms with Crippen molar-refractivity contribution in [3.8, 4) is 5.75 Å². The number of anilines is 1. The highest BCUT2D eigenvalue weighted by Crippen LogP contribution is 2.21. The van der Waals surface area contributed by atoms with E-state index in [-0.39, 0.29) is 11.6 Å². The maximum absolute atomic E-state index is 12.4. The molecule has 1 amide bonds. The number of hydrogen-bond acceptors (Lipinski definition) is 5. The molecule has 0 spiro atoms. The van der Waals surface area contributed by atoms with Crippen LogP contribution in [-0.2, 0) is 4.79 Å². The Morgan fingerprint density at radius 2 is 1.67 bits per heavy atom. The fraction of sp³-hybridized carbons (Fsp3) is 0.250. The van der Waals surface area contributed by atoms with Crippen molar-refractivity contribution < 1.29 is 14.5 Å². The lowest BCUT2D eigenvalue weighted by molar-refractivity contribution is -0.384. The van der Waals surface area contributed by atoms with E-state index in [4.69, 9.17) is 4.74 Å². The number of nitro benzene ring substituents is 1. The zero-order valence-electron chi connectivity index (χ0n) is 15.1. The Kier molecular flexibility index (Phi) is 5.71. The monoisotopic (exact) mass is 367 g/mol. The number of nitrogens with zero attached hydrogens (tertiary/aromatic N) is 3. The molecule has 0 unspecified atom stereocenters. The summed E-state index contributed by atoms with van der Waals surface area (Å²) in [6, 6.07) is 14.0. The molecule has 1 saturated heterocycles. The van der Waals surface area contributed by atoms with Crippen molar-refractivity contribution in [2.75, 3.05) is 38.2 Å². The smallest absolute Gasteiger partial charge is 0.269 e. The molecule has 2 aromatic carbocycles.